The van der Waals surface area contributed by atoms with Gasteiger partial charge in [-0.15, -0.1) is 11.3 Å². The first-order valence-corrected chi connectivity index (χ1v) is 9.46. The Hall–Kier alpha value is -1.59. The van der Waals surface area contributed by atoms with Gasteiger partial charge in [-0.3, -0.25) is 4.99 Å². The van der Waals surface area contributed by atoms with Gasteiger partial charge >= 0.3 is 0 Å². The number of nitrogens with one attached hydrogen (secondary N) is 2. The Morgan fingerprint density at radius 1 is 1.21 bits per heavy atom. The molecule has 1 aromatic carbocycles. The summed E-state index contributed by atoms with van der Waals surface area (Å²) in [6.45, 7) is 5.90. The lowest BCUT2D eigenvalue weighted by Crippen LogP contribution is -2.39. The molecule has 0 fully saturated rings. The zero-order valence-corrected chi connectivity index (χ0v) is 16.1. The number of benzene rings is 1. The summed E-state index contributed by atoms with van der Waals surface area (Å²) in [5.41, 5.74) is 2.37. The average molecular weight is 365 g/mol. The lowest BCUT2D eigenvalue weighted by atomic mass is 10.1. The fraction of sp³-hybridized carbons (Fsp3) is 0.444. The van der Waals surface area contributed by atoms with Crippen LogP contribution in [-0.2, 0) is 19.3 Å². The van der Waals surface area contributed by atoms with E-state index < -0.39 is 0 Å². The van der Waals surface area contributed by atoms with Gasteiger partial charge in [0.1, 0.15) is 0 Å². The van der Waals surface area contributed by atoms with Gasteiger partial charge in [-0.05, 0) is 31.4 Å². The summed E-state index contributed by atoms with van der Waals surface area (Å²) in [6.07, 6.45) is 2.78. The third-order valence-corrected chi connectivity index (χ3v) is 5.21. The van der Waals surface area contributed by atoms with E-state index in [4.69, 9.17) is 11.6 Å². The Labute approximate surface area is 153 Å². The highest BCUT2D eigenvalue weighted by Gasteiger charge is 2.06. The molecule has 1 heterocycles. The van der Waals surface area contributed by atoms with Crippen LogP contribution in [0.25, 0.3) is 0 Å². The van der Waals surface area contributed by atoms with Crippen molar-refractivity contribution in [3.63, 3.8) is 0 Å². The molecule has 0 aliphatic carbocycles. The first-order valence-electron chi connectivity index (χ1n) is 8.27. The maximum absolute atomic E-state index is 6.17. The minimum absolute atomic E-state index is 0.791. The van der Waals surface area contributed by atoms with E-state index in [0.29, 0.717) is 0 Å². The summed E-state index contributed by atoms with van der Waals surface area (Å²) >= 11 is 7.96. The van der Waals surface area contributed by atoms with Crippen molar-refractivity contribution >= 4 is 28.9 Å². The number of guanidine groups is 1. The molecular weight excluding hydrogens is 340 g/mol. The summed E-state index contributed by atoms with van der Waals surface area (Å²) in [4.78, 5) is 10.3. The third kappa shape index (κ3) is 5.49. The van der Waals surface area contributed by atoms with Crippen molar-refractivity contribution in [2.75, 3.05) is 20.1 Å². The number of hydrogen-bond acceptors (Lipinski definition) is 3. The zero-order valence-electron chi connectivity index (χ0n) is 14.5. The minimum atomic E-state index is 0.791. The van der Waals surface area contributed by atoms with Gasteiger partial charge < -0.3 is 10.6 Å². The summed E-state index contributed by atoms with van der Waals surface area (Å²) < 4.78 is 0. The topological polar surface area (TPSA) is 49.3 Å². The van der Waals surface area contributed by atoms with E-state index in [1.165, 1.54) is 15.6 Å². The molecule has 0 aliphatic rings. The number of rotatable bonds is 7. The van der Waals surface area contributed by atoms with Gasteiger partial charge in [0.15, 0.2) is 5.96 Å². The smallest absolute Gasteiger partial charge is 0.191 e. The molecule has 0 saturated heterocycles. The van der Waals surface area contributed by atoms with Crippen LogP contribution in [0.3, 0.4) is 0 Å². The summed E-state index contributed by atoms with van der Waals surface area (Å²) in [5.74, 6) is 0.811. The maximum Gasteiger partial charge on any atom is 0.191 e. The molecule has 0 bridgehead atoms. The first kappa shape index (κ1) is 18.7. The van der Waals surface area contributed by atoms with E-state index in [2.05, 4.69) is 40.5 Å². The molecule has 0 radical (unpaired) electrons. The van der Waals surface area contributed by atoms with Crippen molar-refractivity contribution < 1.29 is 0 Å². The molecule has 0 atom stereocenters. The highest BCUT2D eigenvalue weighted by molar-refractivity contribution is 7.11. The highest BCUT2D eigenvalue weighted by Crippen LogP contribution is 2.18. The number of aromatic nitrogens is 1. The van der Waals surface area contributed by atoms with Gasteiger partial charge in [0, 0.05) is 36.5 Å². The van der Waals surface area contributed by atoms with Crippen LogP contribution in [-0.4, -0.2) is 31.1 Å². The highest BCUT2D eigenvalue weighted by atomic mass is 35.5. The summed E-state index contributed by atoms with van der Waals surface area (Å²) in [7, 11) is 1.79. The Kier molecular flexibility index (Phi) is 7.53. The lowest BCUT2D eigenvalue weighted by Gasteiger charge is -2.11. The molecule has 24 heavy (non-hydrogen) atoms. The number of thiazole rings is 1. The molecule has 2 aromatic rings. The number of aliphatic imine (C=N–C) groups is 1. The predicted octanol–water partition coefficient (Wildman–Crippen LogP) is 3.62. The molecular formula is C18H25ClN4S. The fourth-order valence-corrected chi connectivity index (χ4v) is 3.70. The molecule has 6 heteroatoms. The Morgan fingerprint density at radius 2 is 1.92 bits per heavy atom. The second kappa shape index (κ2) is 9.64. The zero-order chi connectivity index (χ0) is 17.4. The second-order valence-electron chi connectivity index (χ2n) is 5.48. The van der Waals surface area contributed by atoms with Crippen LogP contribution >= 0.6 is 22.9 Å². The van der Waals surface area contributed by atoms with E-state index in [0.717, 1.165) is 48.9 Å². The molecule has 0 amide bonds. The van der Waals surface area contributed by atoms with Crippen LogP contribution in [0.2, 0.25) is 5.02 Å². The maximum atomic E-state index is 6.17. The van der Waals surface area contributed by atoms with Crippen molar-refractivity contribution in [1.82, 2.24) is 15.6 Å². The van der Waals surface area contributed by atoms with Crippen molar-refractivity contribution in [2.24, 2.45) is 4.99 Å². The molecule has 4 nitrogen and oxygen atoms in total. The van der Waals surface area contributed by atoms with E-state index >= 15 is 0 Å². The van der Waals surface area contributed by atoms with Gasteiger partial charge in [0.25, 0.3) is 0 Å². The van der Waals surface area contributed by atoms with Crippen molar-refractivity contribution in [2.45, 2.75) is 33.1 Å². The minimum Gasteiger partial charge on any atom is -0.356 e. The van der Waals surface area contributed by atoms with Crippen LogP contribution in [0, 0.1) is 6.92 Å². The predicted molar refractivity (Wildman–Crippen MR) is 104 cm³/mol. The van der Waals surface area contributed by atoms with E-state index in [1.807, 2.05) is 18.2 Å². The molecule has 0 aliphatic heterocycles. The van der Waals surface area contributed by atoms with Gasteiger partial charge in [0.05, 0.1) is 10.7 Å². The molecule has 0 spiro atoms. The molecule has 2 rings (SSSR count). The van der Waals surface area contributed by atoms with E-state index in [1.54, 1.807) is 18.4 Å². The molecule has 0 saturated carbocycles. The SMILES string of the molecule is CCc1nc(CCNC(=NC)NCCc2ccccc2Cl)sc1C. The average Bonchev–Trinajstić information content (AvgIpc) is 2.95. The molecule has 0 unspecified atom stereocenters. The lowest BCUT2D eigenvalue weighted by molar-refractivity contribution is 0.780. The summed E-state index contributed by atoms with van der Waals surface area (Å²) in [5, 5.41) is 8.66. The van der Waals surface area contributed by atoms with Crippen molar-refractivity contribution in [3.05, 3.63) is 50.4 Å². The number of nitrogens with zero attached hydrogens (tertiary/aromatic N) is 2. The van der Waals surface area contributed by atoms with Gasteiger partial charge in [-0.1, -0.05) is 36.7 Å². The standard InChI is InChI=1S/C18H25ClN4S/c1-4-16-13(2)24-17(23-16)10-12-22-18(20-3)21-11-9-14-7-5-6-8-15(14)19/h5-8H,4,9-12H2,1-3H3,(H2,20,21,22). The van der Waals surface area contributed by atoms with Crippen LogP contribution in [0.5, 0.6) is 0 Å². The van der Waals surface area contributed by atoms with Crippen LogP contribution in [0.15, 0.2) is 29.3 Å². The Bertz CT molecular complexity index is 681. The quantitative estimate of drug-likeness (QED) is 0.582. The van der Waals surface area contributed by atoms with Crippen LogP contribution in [0.1, 0.15) is 28.1 Å². The second-order valence-corrected chi connectivity index (χ2v) is 7.18. The monoisotopic (exact) mass is 364 g/mol. The first-order chi connectivity index (χ1) is 11.6. The Balaban J connectivity index is 1.73. The van der Waals surface area contributed by atoms with Gasteiger partial charge in [-0.25, -0.2) is 4.98 Å². The largest absolute Gasteiger partial charge is 0.356 e. The number of hydrogen-bond donors (Lipinski definition) is 2. The normalized spacial score (nSPS) is 11.6. The summed E-state index contributed by atoms with van der Waals surface area (Å²) in [6, 6.07) is 7.93. The molecule has 130 valence electrons. The van der Waals surface area contributed by atoms with Crippen molar-refractivity contribution in [1.29, 1.82) is 0 Å². The van der Waals surface area contributed by atoms with Crippen molar-refractivity contribution in [3.8, 4) is 0 Å². The molecule has 2 N–H and O–H groups in total. The number of aryl methyl sites for hydroxylation is 2. The molecule has 1 aromatic heterocycles. The van der Waals surface area contributed by atoms with E-state index in [-0.39, 0.29) is 0 Å². The Morgan fingerprint density at radius 3 is 2.54 bits per heavy atom. The third-order valence-electron chi connectivity index (χ3n) is 3.77. The van der Waals surface area contributed by atoms with Gasteiger partial charge in [0.2, 0.25) is 0 Å². The van der Waals surface area contributed by atoms with Crippen LogP contribution < -0.4 is 10.6 Å². The van der Waals surface area contributed by atoms with E-state index in [9.17, 15) is 0 Å². The van der Waals surface area contributed by atoms with Gasteiger partial charge in [-0.2, -0.15) is 0 Å². The number of halogens is 1. The van der Waals surface area contributed by atoms with Crippen LogP contribution in [0.4, 0.5) is 0 Å². The fourth-order valence-electron chi connectivity index (χ4n) is 2.45.